The number of piperidine rings is 1. The standard InChI is InChI=1S/C24H28F3N3O2/c1-15-20-11-17-12-21(29(3)32)19(28-14-16-7-5-4-6-8-16)13-18(17)23(15,2)9-10-30(20)22(31)24(25,26)27/h4-8,12-13,15,20,28-29H,9-11,14H2,1-3H3/t15-,20-,23-/m1/s1. The highest BCUT2D eigenvalue weighted by Crippen LogP contribution is 2.50. The van der Waals surface area contributed by atoms with Gasteiger partial charge in [0, 0.05) is 25.2 Å². The minimum atomic E-state index is -4.89. The molecule has 2 aromatic carbocycles. The van der Waals surface area contributed by atoms with Crippen LogP contribution in [0.2, 0.25) is 0 Å². The summed E-state index contributed by atoms with van der Waals surface area (Å²) in [6.45, 7) is 4.62. The van der Waals surface area contributed by atoms with Crippen molar-refractivity contribution in [1.82, 2.24) is 4.90 Å². The predicted molar refractivity (Wildman–Crippen MR) is 117 cm³/mol. The molecule has 2 aromatic rings. The van der Waals surface area contributed by atoms with Crippen LogP contribution in [0.1, 0.15) is 37.0 Å². The molecule has 2 aliphatic rings. The molecule has 0 saturated carbocycles. The highest BCUT2D eigenvalue weighted by molar-refractivity contribution is 5.82. The Morgan fingerprint density at radius 1 is 1.28 bits per heavy atom. The number of hydrogen-bond acceptors (Lipinski definition) is 3. The van der Waals surface area contributed by atoms with E-state index >= 15 is 0 Å². The largest absolute Gasteiger partial charge is 0.629 e. The SMILES string of the molecule is C[C@@H]1[C@H]2Cc3cc([NH+](C)[O-])c(NCc4ccccc4)cc3[C@]1(C)CCN2C(=O)C(F)(F)F. The topological polar surface area (TPSA) is 59.8 Å². The van der Waals surface area contributed by atoms with Gasteiger partial charge in [0.25, 0.3) is 0 Å². The Balaban J connectivity index is 1.71. The molecule has 5 nitrogen and oxygen atoms in total. The highest BCUT2D eigenvalue weighted by Gasteiger charge is 2.54. The number of carbonyl (C=O) groups excluding carboxylic acids is 1. The molecule has 1 amide bonds. The molecule has 1 saturated heterocycles. The number of hydrogen-bond donors (Lipinski definition) is 2. The van der Waals surface area contributed by atoms with Crippen molar-refractivity contribution in [3.8, 4) is 0 Å². The summed E-state index contributed by atoms with van der Waals surface area (Å²) in [5, 5.41) is 15.7. The summed E-state index contributed by atoms with van der Waals surface area (Å²) in [5.74, 6) is -1.91. The third kappa shape index (κ3) is 3.86. The number of rotatable bonds is 4. The van der Waals surface area contributed by atoms with Gasteiger partial charge in [0.05, 0.1) is 12.7 Å². The smallest absolute Gasteiger partial charge is 0.471 e. The van der Waals surface area contributed by atoms with Gasteiger partial charge in [-0.25, -0.2) is 0 Å². The zero-order valence-electron chi connectivity index (χ0n) is 18.4. The Bertz CT molecular complexity index is 1010. The maximum atomic E-state index is 13.2. The number of fused-ring (bicyclic) bond motifs is 4. The lowest BCUT2D eigenvalue weighted by molar-refractivity contribution is -0.750. The average molecular weight is 448 g/mol. The van der Waals surface area contributed by atoms with E-state index in [1.165, 1.54) is 7.05 Å². The fourth-order valence-electron chi connectivity index (χ4n) is 5.32. The molecule has 0 spiro atoms. The first-order chi connectivity index (χ1) is 15.0. The van der Waals surface area contributed by atoms with Gasteiger partial charge in [0.2, 0.25) is 0 Å². The third-order valence-corrected chi connectivity index (χ3v) is 7.35. The van der Waals surface area contributed by atoms with Gasteiger partial charge in [0.1, 0.15) is 0 Å². The summed E-state index contributed by atoms with van der Waals surface area (Å²) in [6.07, 6.45) is -4.13. The monoisotopic (exact) mass is 447 g/mol. The molecule has 1 fully saturated rings. The van der Waals surface area contributed by atoms with Gasteiger partial charge in [-0.1, -0.05) is 44.2 Å². The summed E-state index contributed by atoms with van der Waals surface area (Å²) < 4.78 is 39.5. The second-order valence-electron chi connectivity index (χ2n) is 9.17. The highest BCUT2D eigenvalue weighted by atomic mass is 19.4. The number of carbonyl (C=O) groups is 1. The molecule has 2 N–H and O–H groups in total. The number of halogens is 3. The van der Waals surface area contributed by atoms with Crippen molar-refractivity contribution in [2.45, 2.75) is 50.9 Å². The van der Waals surface area contributed by atoms with E-state index < -0.39 is 18.1 Å². The Morgan fingerprint density at radius 2 is 1.97 bits per heavy atom. The lowest BCUT2D eigenvalue weighted by atomic mass is 9.59. The van der Waals surface area contributed by atoms with Gasteiger partial charge in [-0.2, -0.15) is 13.2 Å². The Kier molecular flexibility index (Phi) is 5.71. The van der Waals surface area contributed by atoms with Crippen LogP contribution in [0.15, 0.2) is 42.5 Å². The van der Waals surface area contributed by atoms with E-state index in [4.69, 9.17) is 0 Å². The molecule has 172 valence electrons. The van der Waals surface area contributed by atoms with Crippen LogP contribution in [0.4, 0.5) is 24.5 Å². The van der Waals surface area contributed by atoms with Gasteiger partial charge >= 0.3 is 12.1 Å². The summed E-state index contributed by atoms with van der Waals surface area (Å²) in [4.78, 5) is 13.1. The molecule has 4 rings (SSSR count). The van der Waals surface area contributed by atoms with Crippen LogP contribution in [0.5, 0.6) is 0 Å². The molecule has 4 atom stereocenters. The van der Waals surface area contributed by atoms with E-state index in [1.54, 1.807) is 0 Å². The van der Waals surface area contributed by atoms with E-state index in [0.717, 1.165) is 27.3 Å². The van der Waals surface area contributed by atoms with Crippen LogP contribution in [-0.4, -0.2) is 36.6 Å². The van der Waals surface area contributed by atoms with Gasteiger partial charge in [-0.3, -0.25) is 4.79 Å². The molecule has 32 heavy (non-hydrogen) atoms. The van der Waals surface area contributed by atoms with Crippen LogP contribution < -0.4 is 10.4 Å². The molecule has 1 heterocycles. The van der Waals surface area contributed by atoms with E-state index in [2.05, 4.69) is 12.2 Å². The number of alkyl halides is 3. The van der Waals surface area contributed by atoms with Crippen molar-refractivity contribution in [1.29, 1.82) is 0 Å². The van der Waals surface area contributed by atoms with Gasteiger partial charge in [-0.15, -0.1) is 0 Å². The van der Waals surface area contributed by atoms with Crippen LogP contribution in [0.3, 0.4) is 0 Å². The summed E-state index contributed by atoms with van der Waals surface area (Å²) in [6, 6.07) is 13.1. The summed E-state index contributed by atoms with van der Waals surface area (Å²) in [5.41, 5.74) is 3.87. The van der Waals surface area contributed by atoms with Crippen LogP contribution in [0, 0.1) is 11.1 Å². The first kappa shape index (κ1) is 22.6. The molecule has 0 radical (unpaired) electrons. The normalized spacial score (nSPS) is 25.8. The maximum Gasteiger partial charge on any atom is 0.471 e. The number of hydroxylamine groups is 1. The number of nitrogens with zero attached hydrogens (tertiary/aromatic N) is 1. The van der Waals surface area contributed by atoms with Crippen molar-refractivity contribution in [2.24, 2.45) is 5.92 Å². The van der Waals surface area contributed by atoms with Crippen molar-refractivity contribution >= 4 is 17.3 Å². The summed E-state index contributed by atoms with van der Waals surface area (Å²) >= 11 is 0. The van der Waals surface area contributed by atoms with Gasteiger partial charge in [-0.05, 0) is 46.9 Å². The van der Waals surface area contributed by atoms with Crippen LogP contribution >= 0.6 is 0 Å². The van der Waals surface area contributed by atoms with Gasteiger partial charge in [0.15, 0.2) is 5.69 Å². The molecule has 8 heteroatoms. The Labute approximate surface area is 185 Å². The van der Waals surface area contributed by atoms with Crippen molar-refractivity contribution in [3.05, 3.63) is 64.4 Å². The number of amides is 1. The predicted octanol–water partition coefficient (Wildman–Crippen LogP) is 3.56. The average Bonchev–Trinajstić information content (AvgIpc) is 2.74. The van der Waals surface area contributed by atoms with Crippen molar-refractivity contribution in [2.75, 3.05) is 18.9 Å². The zero-order chi connectivity index (χ0) is 23.3. The summed E-state index contributed by atoms with van der Waals surface area (Å²) in [7, 11) is 1.49. The number of benzene rings is 2. The first-order valence-electron chi connectivity index (χ1n) is 10.9. The molecular formula is C24H28F3N3O2. The minimum Gasteiger partial charge on any atom is -0.629 e. The number of anilines is 1. The molecule has 1 unspecified atom stereocenters. The number of quaternary nitrogens is 1. The number of likely N-dealkylation sites (tertiary alicyclic amines) is 1. The third-order valence-electron chi connectivity index (χ3n) is 7.35. The molecule has 1 aliphatic carbocycles. The lowest BCUT2D eigenvalue weighted by Crippen LogP contribution is -2.98. The number of nitrogens with one attached hydrogen (secondary N) is 2. The second kappa shape index (κ2) is 8.08. The molecule has 2 bridgehead atoms. The van der Waals surface area contributed by atoms with E-state index in [9.17, 15) is 23.2 Å². The van der Waals surface area contributed by atoms with E-state index in [1.807, 2.05) is 49.4 Å². The molecule has 1 aliphatic heterocycles. The minimum absolute atomic E-state index is 0.0739. The second-order valence-corrected chi connectivity index (χ2v) is 9.17. The van der Waals surface area contributed by atoms with E-state index in [0.29, 0.717) is 25.1 Å². The zero-order valence-corrected chi connectivity index (χ0v) is 18.4. The van der Waals surface area contributed by atoms with Crippen molar-refractivity contribution < 1.29 is 23.0 Å². The van der Waals surface area contributed by atoms with Gasteiger partial charge < -0.3 is 20.5 Å². The first-order valence-corrected chi connectivity index (χ1v) is 10.9. The fraction of sp³-hybridized carbons (Fsp3) is 0.458. The fourth-order valence-corrected chi connectivity index (χ4v) is 5.32. The van der Waals surface area contributed by atoms with Crippen LogP contribution in [-0.2, 0) is 23.2 Å². The van der Waals surface area contributed by atoms with Crippen LogP contribution in [0.25, 0.3) is 0 Å². The maximum absolute atomic E-state index is 13.2. The Hall–Kier alpha value is -2.58. The van der Waals surface area contributed by atoms with E-state index in [-0.39, 0.29) is 22.9 Å². The Morgan fingerprint density at radius 3 is 2.59 bits per heavy atom. The molecular weight excluding hydrogens is 419 g/mol. The lowest BCUT2D eigenvalue weighted by Gasteiger charge is -2.54. The molecule has 0 aromatic heterocycles. The quantitative estimate of drug-likeness (QED) is 0.705. The van der Waals surface area contributed by atoms with Crippen molar-refractivity contribution in [3.63, 3.8) is 0 Å².